The number of ether oxygens (including phenoxy) is 1. The molecule has 1 atom stereocenters. The lowest BCUT2D eigenvalue weighted by atomic mass is 10.1. The van der Waals surface area contributed by atoms with Crippen LogP contribution in [0, 0.1) is 0 Å². The summed E-state index contributed by atoms with van der Waals surface area (Å²) >= 11 is 0. The predicted molar refractivity (Wildman–Crippen MR) is 80.8 cm³/mol. The van der Waals surface area contributed by atoms with Crippen LogP contribution in [-0.4, -0.2) is 43.8 Å². The second-order valence-corrected chi connectivity index (χ2v) is 5.63. The Labute approximate surface area is 116 Å². The summed E-state index contributed by atoms with van der Waals surface area (Å²) in [6.07, 6.45) is 2.69. The van der Waals surface area contributed by atoms with Crippen LogP contribution in [0.5, 0.6) is 0 Å². The van der Waals surface area contributed by atoms with Gasteiger partial charge in [0.15, 0.2) is 0 Å². The van der Waals surface area contributed by atoms with Gasteiger partial charge in [0.05, 0.1) is 12.7 Å². The second-order valence-electron chi connectivity index (χ2n) is 5.63. The van der Waals surface area contributed by atoms with Crippen LogP contribution >= 0.6 is 0 Å². The average molecular weight is 262 g/mol. The molecule has 2 rings (SSSR count). The molecule has 1 N–H and O–H groups in total. The lowest BCUT2D eigenvalue weighted by Crippen LogP contribution is -2.39. The predicted octanol–water partition coefficient (Wildman–Crippen LogP) is 2.77. The highest BCUT2D eigenvalue weighted by Crippen LogP contribution is 2.22. The number of para-hydroxylation sites is 1. The molecule has 0 spiro atoms. The average Bonchev–Trinajstić information content (AvgIpc) is 2.60. The van der Waals surface area contributed by atoms with Crippen LogP contribution in [-0.2, 0) is 11.2 Å². The van der Waals surface area contributed by atoms with E-state index < -0.39 is 0 Å². The lowest BCUT2D eigenvalue weighted by Gasteiger charge is -2.27. The van der Waals surface area contributed by atoms with E-state index in [4.69, 9.17) is 4.74 Å². The van der Waals surface area contributed by atoms with Gasteiger partial charge in [0.2, 0.25) is 0 Å². The molecule has 1 aromatic rings. The van der Waals surface area contributed by atoms with Gasteiger partial charge in [-0.25, -0.2) is 0 Å². The Bertz CT molecular complexity index is 365. The molecule has 106 valence electrons. The maximum atomic E-state index is 5.63. The highest BCUT2D eigenvalue weighted by Gasteiger charge is 2.18. The molecule has 0 aromatic heterocycles. The molecule has 0 aliphatic carbocycles. The summed E-state index contributed by atoms with van der Waals surface area (Å²) in [7, 11) is 2.20. The van der Waals surface area contributed by atoms with Crippen molar-refractivity contribution in [2.24, 2.45) is 0 Å². The molecule has 1 aromatic carbocycles. The topological polar surface area (TPSA) is 24.5 Å². The molecule has 0 fully saturated rings. The van der Waals surface area contributed by atoms with Gasteiger partial charge in [-0.3, -0.25) is 4.90 Å². The SMILES string of the molecule is CC(C)OCCN(C)C1CCc2ccccc2NC1. The summed E-state index contributed by atoms with van der Waals surface area (Å²) < 4.78 is 5.63. The van der Waals surface area contributed by atoms with Crippen molar-refractivity contribution < 1.29 is 4.74 Å². The van der Waals surface area contributed by atoms with Crippen LogP contribution in [0.25, 0.3) is 0 Å². The minimum absolute atomic E-state index is 0.324. The normalized spacial score (nSPS) is 19.1. The first kappa shape index (κ1) is 14.4. The van der Waals surface area contributed by atoms with Crippen LogP contribution in [0.1, 0.15) is 25.8 Å². The molecule has 0 bridgehead atoms. The minimum Gasteiger partial charge on any atom is -0.383 e. The van der Waals surface area contributed by atoms with Gasteiger partial charge in [-0.1, -0.05) is 18.2 Å². The number of nitrogens with zero attached hydrogens (tertiary/aromatic N) is 1. The van der Waals surface area contributed by atoms with Crippen molar-refractivity contribution in [3.63, 3.8) is 0 Å². The highest BCUT2D eigenvalue weighted by atomic mass is 16.5. The monoisotopic (exact) mass is 262 g/mol. The number of hydrogen-bond donors (Lipinski definition) is 1. The number of aryl methyl sites for hydroxylation is 1. The van der Waals surface area contributed by atoms with Crippen molar-refractivity contribution in [2.75, 3.05) is 32.1 Å². The standard InChI is InChI=1S/C16H26N2O/c1-13(2)19-11-10-18(3)15-9-8-14-6-4-5-7-16(14)17-12-15/h4-7,13,15,17H,8-12H2,1-3H3. The van der Waals surface area contributed by atoms with E-state index in [2.05, 4.69) is 55.4 Å². The molecule has 0 saturated carbocycles. The molecule has 1 aliphatic heterocycles. The van der Waals surface area contributed by atoms with Gasteiger partial charge in [-0.05, 0) is 45.4 Å². The molecule has 19 heavy (non-hydrogen) atoms. The number of rotatable bonds is 5. The lowest BCUT2D eigenvalue weighted by molar-refractivity contribution is 0.0562. The van der Waals surface area contributed by atoms with Gasteiger partial charge in [-0.15, -0.1) is 0 Å². The van der Waals surface area contributed by atoms with Crippen LogP contribution in [0.15, 0.2) is 24.3 Å². The molecule has 1 aliphatic rings. The van der Waals surface area contributed by atoms with Gasteiger partial charge in [-0.2, -0.15) is 0 Å². The Kier molecular flexibility index (Phi) is 5.23. The van der Waals surface area contributed by atoms with Gasteiger partial charge in [0.1, 0.15) is 0 Å². The fraction of sp³-hybridized carbons (Fsp3) is 0.625. The molecule has 0 radical (unpaired) electrons. The molecular formula is C16H26N2O. The molecule has 0 saturated heterocycles. The Morgan fingerprint density at radius 1 is 1.37 bits per heavy atom. The maximum absolute atomic E-state index is 5.63. The minimum atomic E-state index is 0.324. The molecule has 3 nitrogen and oxygen atoms in total. The molecule has 1 unspecified atom stereocenters. The van der Waals surface area contributed by atoms with Crippen LogP contribution < -0.4 is 5.32 Å². The van der Waals surface area contributed by atoms with Crippen molar-refractivity contribution in [3.8, 4) is 0 Å². The zero-order valence-corrected chi connectivity index (χ0v) is 12.4. The number of anilines is 1. The van der Waals surface area contributed by atoms with Crippen molar-refractivity contribution in [3.05, 3.63) is 29.8 Å². The zero-order chi connectivity index (χ0) is 13.7. The van der Waals surface area contributed by atoms with Crippen LogP contribution in [0.3, 0.4) is 0 Å². The number of likely N-dealkylation sites (N-methyl/N-ethyl adjacent to an activating group) is 1. The summed E-state index contributed by atoms with van der Waals surface area (Å²) in [5.74, 6) is 0. The third-order valence-electron chi connectivity index (χ3n) is 3.81. The van der Waals surface area contributed by atoms with Crippen LogP contribution in [0.4, 0.5) is 5.69 Å². The van der Waals surface area contributed by atoms with E-state index in [1.54, 1.807) is 0 Å². The van der Waals surface area contributed by atoms with E-state index in [0.717, 1.165) is 26.1 Å². The van der Waals surface area contributed by atoms with Gasteiger partial charge in [0, 0.05) is 24.8 Å². The Hall–Kier alpha value is -1.06. The van der Waals surface area contributed by atoms with Gasteiger partial charge in [0.25, 0.3) is 0 Å². The fourth-order valence-electron chi connectivity index (χ4n) is 2.55. The first-order valence-corrected chi connectivity index (χ1v) is 7.30. The quantitative estimate of drug-likeness (QED) is 0.883. The Morgan fingerprint density at radius 3 is 2.95 bits per heavy atom. The van der Waals surface area contributed by atoms with E-state index in [1.165, 1.54) is 17.7 Å². The third-order valence-corrected chi connectivity index (χ3v) is 3.81. The maximum Gasteiger partial charge on any atom is 0.0596 e. The molecule has 0 amide bonds. The first-order chi connectivity index (χ1) is 9.16. The first-order valence-electron chi connectivity index (χ1n) is 7.30. The summed E-state index contributed by atoms with van der Waals surface area (Å²) in [5.41, 5.74) is 2.74. The number of hydrogen-bond acceptors (Lipinski definition) is 3. The Morgan fingerprint density at radius 2 is 2.16 bits per heavy atom. The third kappa shape index (κ3) is 4.22. The fourth-order valence-corrected chi connectivity index (χ4v) is 2.55. The number of benzene rings is 1. The summed E-state index contributed by atoms with van der Waals surface area (Å²) in [6.45, 7) is 7.02. The van der Waals surface area contributed by atoms with Crippen molar-refractivity contribution >= 4 is 5.69 Å². The van der Waals surface area contributed by atoms with Gasteiger partial charge >= 0.3 is 0 Å². The van der Waals surface area contributed by atoms with Crippen molar-refractivity contribution in [2.45, 2.75) is 38.8 Å². The molecular weight excluding hydrogens is 236 g/mol. The van der Waals surface area contributed by atoms with E-state index >= 15 is 0 Å². The van der Waals surface area contributed by atoms with Crippen molar-refractivity contribution in [1.82, 2.24) is 4.90 Å². The molecule has 1 heterocycles. The summed E-state index contributed by atoms with van der Waals surface area (Å²) in [6, 6.07) is 9.22. The van der Waals surface area contributed by atoms with E-state index in [0.29, 0.717) is 12.1 Å². The van der Waals surface area contributed by atoms with E-state index in [9.17, 15) is 0 Å². The summed E-state index contributed by atoms with van der Waals surface area (Å²) in [5, 5.41) is 3.57. The number of nitrogens with one attached hydrogen (secondary N) is 1. The molecule has 3 heteroatoms. The smallest absolute Gasteiger partial charge is 0.0596 e. The largest absolute Gasteiger partial charge is 0.383 e. The van der Waals surface area contributed by atoms with E-state index in [1.807, 2.05) is 0 Å². The zero-order valence-electron chi connectivity index (χ0n) is 12.4. The van der Waals surface area contributed by atoms with Gasteiger partial charge < -0.3 is 10.1 Å². The van der Waals surface area contributed by atoms with Crippen LogP contribution in [0.2, 0.25) is 0 Å². The Balaban J connectivity index is 1.83. The number of fused-ring (bicyclic) bond motifs is 1. The van der Waals surface area contributed by atoms with E-state index in [-0.39, 0.29) is 0 Å². The second kappa shape index (κ2) is 6.92. The van der Waals surface area contributed by atoms with Crippen molar-refractivity contribution in [1.29, 1.82) is 0 Å². The summed E-state index contributed by atoms with van der Waals surface area (Å²) in [4.78, 5) is 2.42. The highest BCUT2D eigenvalue weighted by molar-refractivity contribution is 5.52.